The van der Waals surface area contributed by atoms with Gasteiger partial charge in [-0.1, -0.05) is 0 Å². The third kappa shape index (κ3) is 2.65. The van der Waals surface area contributed by atoms with Crippen LogP contribution in [-0.4, -0.2) is 21.1 Å². The van der Waals surface area contributed by atoms with Gasteiger partial charge in [-0.15, -0.1) is 0 Å². The van der Waals surface area contributed by atoms with Gasteiger partial charge in [-0.05, 0) is 43.5 Å². The molecular weight excluding hydrogens is 240 g/mol. The normalized spacial score (nSPS) is 16.1. The van der Waals surface area contributed by atoms with Gasteiger partial charge in [0.1, 0.15) is 5.69 Å². The van der Waals surface area contributed by atoms with Crippen molar-refractivity contribution in [1.82, 2.24) is 20.5 Å². The van der Waals surface area contributed by atoms with E-state index < -0.39 is 0 Å². The maximum atomic E-state index is 12.1. The highest BCUT2D eigenvalue weighted by Crippen LogP contribution is 2.38. The summed E-state index contributed by atoms with van der Waals surface area (Å²) in [6, 6.07) is 5.58. The zero-order chi connectivity index (χ0) is 13.2. The fourth-order valence-electron chi connectivity index (χ4n) is 2.06. The molecule has 0 aromatic carbocycles. The number of H-pyrrole nitrogens is 1. The Morgan fingerprint density at radius 2 is 2.16 bits per heavy atom. The quantitative estimate of drug-likeness (QED) is 0.880. The number of amides is 1. The Morgan fingerprint density at radius 3 is 2.84 bits per heavy atom. The van der Waals surface area contributed by atoms with Crippen molar-refractivity contribution in [1.29, 1.82) is 0 Å². The molecule has 1 fully saturated rings. The number of nitrogens with zero attached hydrogens (tertiary/aromatic N) is 2. The van der Waals surface area contributed by atoms with E-state index >= 15 is 0 Å². The summed E-state index contributed by atoms with van der Waals surface area (Å²) >= 11 is 0. The minimum atomic E-state index is -0.146. The molecule has 2 aromatic heterocycles. The summed E-state index contributed by atoms with van der Waals surface area (Å²) in [5.41, 5.74) is 2.56. The number of pyridine rings is 1. The number of nitrogens with one attached hydrogen (secondary N) is 2. The van der Waals surface area contributed by atoms with Crippen LogP contribution >= 0.6 is 0 Å². The molecule has 3 rings (SSSR count). The Hall–Kier alpha value is -2.17. The van der Waals surface area contributed by atoms with Crippen LogP contribution in [0.1, 0.15) is 53.5 Å². The second-order valence-electron chi connectivity index (χ2n) is 4.96. The number of hydrogen-bond acceptors (Lipinski definition) is 3. The highest BCUT2D eigenvalue weighted by atomic mass is 16.2. The van der Waals surface area contributed by atoms with Gasteiger partial charge in [-0.3, -0.25) is 14.9 Å². The average Bonchev–Trinajstić information content (AvgIpc) is 3.17. The molecule has 0 radical (unpaired) electrons. The van der Waals surface area contributed by atoms with Crippen molar-refractivity contribution in [3.05, 3.63) is 47.5 Å². The molecule has 0 aliphatic heterocycles. The van der Waals surface area contributed by atoms with Crippen molar-refractivity contribution in [3.8, 4) is 0 Å². The first-order valence-electron chi connectivity index (χ1n) is 6.50. The van der Waals surface area contributed by atoms with Crippen molar-refractivity contribution in [2.45, 2.75) is 31.7 Å². The molecule has 1 atom stereocenters. The molecule has 2 aromatic rings. The lowest BCUT2D eigenvalue weighted by Gasteiger charge is -2.12. The first-order chi connectivity index (χ1) is 9.24. The zero-order valence-electron chi connectivity index (χ0n) is 10.8. The first kappa shape index (κ1) is 11.9. The Balaban J connectivity index is 1.66. The lowest BCUT2D eigenvalue weighted by molar-refractivity contribution is 0.0935. The molecule has 98 valence electrons. The van der Waals surface area contributed by atoms with Crippen molar-refractivity contribution in [2.24, 2.45) is 0 Å². The van der Waals surface area contributed by atoms with Gasteiger partial charge in [-0.2, -0.15) is 5.10 Å². The Labute approximate surface area is 111 Å². The minimum Gasteiger partial charge on any atom is -0.344 e. The number of aromatic amines is 1. The van der Waals surface area contributed by atoms with E-state index in [1.807, 2.05) is 25.1 Å². The predicted molar refractivity (Wildman–Crippen MR) is 70.7 cm³/mol. The van der Waals surface area contributed by atoms with E-state index in [1.54, 1.807) is 12.4 Å². The van der Waals surface area contributed by atoms with Crippen LogP contribution in [0.5, 0.6) is 0 Å². The molecule has 1 amide bonds. The zero-order valence-corrected chi connectivity index (χ0v) is 10.8. The standard InChI is InChI=1S/C14H16N4O/c1-9(10-4-6-15-7-5-10)16-14(19)13-8-12(17-18-13)11-2-3-11/h4-9,11H,2-3H2,1H3,(H,16,19)(H,17,18)/t9-/m1/s1. The van der Waals surface area contributed by atoms with Crippen LogP contribution < -0.4 is 5.32 Å². The molecule has 19 heavy (non-hydrogen) atoms. The SMILES string of the molecule is C[C@@H](NC(=O)c1cc(C2CC2)[nH]n1)c1ccncc1. The molecule has 1 saturated carbocycles. The first-order valence-corrected chi connectivity index (χ1v) is 6.50. The van der Waals surface area contributed by atoms with Crippen molar-refractivity contribution in [3.63, 3.8) is 0 Å². The van der Waals surface area contributed by atoms with Gasteiger partial charge in [0.15, 0.2) is 0 Å². The number of carbonyl (C=O) groups excluding carboxylic acids is 1. The molecule has 5 nitrogen and oxygen atoms in total. The number of hydrogen-bond donors (Lipinski definition) is 2. The van der Waals surface area contributed by atoms with Crippen LogP contribution in [0.15, 0.2) is 30.6 Å². The lowest BCUT2D eigenvalue weighted by Crippen LogP contribution is -2.26. The van der Waals surface area contributed by atoms with E-state index in [1.165, 1.54) is 12.8 Å². The Kier molecular flexibility index (Phi) is 3.03. The highest BCUT2D eigenvalue weighted by Gasteiger charge is 2.26. The summed E-state index contributed by atoms with van der Waals surface area (Å²) in [6.07, 6.45) is 5.82. The Bertz CT molecular complexity index is 574. The van der Waals surface area contributed by atoms with E-state index in [-0.39, 0.29) is 11.9 Å². The monoisotopic (exact) mass is 256 g/mol. The van der Waals surface area contributed by atoms with Crippen molar-refractivity contribution in [2.75, 3.05) is 0 Å². The molecular formula is C14H16N4O. The lowest BCUT2D eigenvalue weighted by atomic mass is 10.1. The third-order valence-corrected chi connectivity index (χ3v) is 3.40. The molecule has 0 bridgehead atoms. The number of aromatic nitrogens is 3. The van der Waals surface area contributed by atoms with Gasteiger partial charge >= 0.3 is 0 Å². The number of rotatable bonds is 4. The molecule has 0 spiro atoms. The predicted octanol–water partition coefficient (Wildman–Crippen LogP) is 2.17. The second-order valence-corrected chi connectivity index (χ2v) is 4.96. The van der Waals surface area contributed by atoms with Crippen LogP contribution in [0, 0.1) is 0 Å². The summed E-state index contributed by atoms with van der Waals surface area (Å²) in [7, 11) is 0. The third-order valence-electron chi connectivity index (χ3n) is 3.40. The number of carbonyl (C=O) groups is 1. The summed E-state index contributed by atoms with van der Waals surface area (Å²) < 4.78 is 0. The summed E-state index contributed by atoms with van der Waals surface area (Å²) in [5.74, 6) is 0.430. The van der Waals surface area contributed by atoms with Gasteiger partial charge < -0.3 is 5.32 Å². The largest absolute Gasteiger partial charge is 0.344 e. The van der Waals surface area contributed by atoms with Gasteiger partial charge in [-0.25, -0.2) is 0 Å². The van der Waals surface area contributed by atoms with E-state index in [2.05, 4.69) is 20.5 Å². The van der Waals surface area contributed by atoms with E-state index in [0.29, 0.717) is 11.6 Å². The van der Waals surface area contributed by atoms with Crippen LogP contribution in [0.2, 0.25) is 0 Å². The average molecular weight is 256 g/mol. The van der Waals surface area contributed by atoms with Gasteiger partial charge in [0.25, 0.3) is 5.91 Å². The molecule has 1 aliphatic rings. The van der Waals surface area contributed by atoms with Gasteiger partial charge in [0, 0.05) is 24.0 Å². The summed E-state index contributed by atoms with van der Waals surface area (Å²) in [5, 5.41) is 9.95. The molecule has 2 heterocycles. The van der Waals surface area contributed by atoms with Crippen LogP contribution in [0.3, 0.4) is 0 Å². The molecule has 1 aliphatic carbocycles. The second kappa shape index (κ2) is 4.84. The van der Waals surface area contributed by atoms with E-state index in [9.17, 15) is 4.79 Å². The minimum absolute atomic E-state index is 0.0587. The molecule has 0 saturated heterocycles. The van der Waals surface area contributed by atoms with E-state index in [0.717, 1.165) is 11.3 Å². The maximum absolute atomic E-state index is 12.1. The smallest absolute Gasteiger partial charge is 0.272 e. The fourth-order valence-corrected chi connectivity index (χ4v) is 2.06. The van der Waals surface area contributed by atoms with E-state index in [4.69, 9.17) is 0 Å². The van der Waals surface area contributed by atoms with Gasteiger partial charge in [0.2, 0.25) is 0 Å². The molecule has 0 unspecified atom stereocenters. The van der Waals surface area contributed by atoms with Crippen LogP contribution in [0.25, 0.3) is 0 Å². The maximum Gasteiger partial charge on any atom is 0.272 e. The topological polar surface area (TPSA) is 70.7 Å². The fraction of sp³-hybridized carbons (Fsp3) is 0.357. The molecule has 2 N–H and O–H groups in total. The summed E-state index contributed by atoms with van der Waals surface area (Å²) in [6.45, 7) is 1.95. The summed E-state index contributed by atoms with van der Waals surface area (Å²) in [4.78, 5) is 16.0. The van der Waals surface area contributed by atoms with Crippen LogP contribution in [0.4, 0.5) is 0 Å². The highest BCUT2D eigenvalue weighted by molar-refractivity contribution is 5.92. The Morgan fingerprint density at radius 1 is 1.42 bits per heavy atom. The van der Waals surface area contributed by atoms with Crippen LogP contribution in [-0.2, 0) is 0 Å². The van der Waals surface area contributed by atoms with Crippen molar-refractivity contribution >= 4 is 5.91 Å². The molecule has 5 heteroatoms. The van der Waals surface area contributed by atoms with Crippen molar-refractivity contribution < 1.29 is 4.79 Å². The van der Waals surface area contributed by atoms with Gasteiger partial charge in [0.05, 0.1) is 6.04 Å².